The van der Waals surface area contributed by atoms with Gasteiger partial charge in [0.05, 0.1) is 11.0 Å². The number of para-hydroxylation sites is 1. The second kappa shape index (κ2) is 5.04. The first-order chi connectivity index (χ1) is 7.77. The van der Waals surface area contributed by atoms with E-state index >= 15 is 0 Å². The second-order valence-corrected chi connectivity index (χ2v) is 4.03. The molecule has 1 aromatic heterocycles. The standard InChI is InChI=1S/C9H10BrN5O/c10-7-3-1-2-6(9(7)16)4-11-5-8-12-14-15-13-8/h1-3,11,16H,4-5H2,(H,12,13,14,15). The Balaban J connectivity index is 1.92. The number of H-pyrrole nitrogens is 1. The first-order valence-electron chi connectivity index (χ1n) is 4.67. The number of rotatable bonds is 4. The van der Waals surface area contributed by atoms with Crippen LogP contribution in [0.5, 0.6) is 5.75 Å². The highest BCUT2D eigenvalue weighted by atomic mass is 79.9. The fourth-order valence-electron chi connectivity index (χ4n) is 1.27. The van der Waals surface area contributed by atoms with Crippen molar-refractivity contribution in [3.05, 3.63) is 34.1 Å². The monoisotopic (exact) mass is 283 g/mol. The Morgan fingerprint density at radius 3 is 3.00 bits per heavy atom. The van der Waals surface area contributed by atoms with Gasteiger partial charge in [0.2, 0.25) is 0 Å². The van der Waals surface area contributed by atoms with Gasteiger partial charge in [-0.1, -0.05) is 17.3 Å². The first kappa shape index (κ1) is 11.0. The van der Waals surface area contributed by atoms with E-state index in [1.54, 1.807) is 6.07 Å². The summed E-state index contributed by atoms with van der Waals surface area (Å²) in [5.74, 6) is 0.845. The van der Waals surface area contributed by atoms with Gasteiger partial charge in [-0.15, -0.1) is 10.2 Å². The molecule has 3 N–H and O–H groups in total. The lowest BCUT2D eigenvalue weighted by atomic mass is 10.2. The minimum absolute atomic E-state index is 0.253. The summed E-state index contributed by atoms with van der Waals surface area (Å²) >= 11 is 3.26. The van der Waals surface area contributed by atoms with Gasteiger partial charge >= 0.3 is 0 Å². The van der Waals surface area contributed by atoms with Crippen LogP contribution in [0.25, 0.3) is 0 Å². The van der Waals surface area contributed by atoms with E-state index in [9.17, 15) is 5.11 Å². The largest absolute Gasteiger partial charge is 0.506 e. The third kappa shape index (κ3) is 2.56. The summed E-state index contributed by atoms with van der Waals surface area (Å²) in [6, 6.07) is 5.51. The summed E-state index contributed by atoms with van der Waals surface area (Å²) in [6.07, 6.45) is 0. The Kier molecular flexibility index (Phi) is 3.47. The molecule has 0 aliphatic heterocycles. The number of hydrogen-bond donors (Lipinski definition) is 3. The quantitative estimate of drug-likeness (QED) is 0.778. The van der Waals surface area contributed by atoms with Crippen molar-refractivity contribution in [2.24, 2.45) is 0 Å². The van der Waals surface area contributed by atoms with E-state index in [1.165, 1.54) is 0 Å². The summed E-state index contributed by atoms with van der Waals surface area (Å²) in [7, 11) is 0. The molecule has 2 rings (SSSR count). The molecule has 2 aromatic rings. The second-order valence-electron chi connectivity index (χ2n) is 3.18. The number of hydrogen-bond acceptors (Lipinski definition) is 5. The minimum Gasteiger partial charge on any atom is -0.506 e. The zero-order valence-electron chi connectivity index (χ0n) is 8.31. The first-order valence-corrected chi connectivity index (χ1v) is 5.46. The maximum absolute atomic E-state index is 9.72. The Morgan fingerprint density at radius 2 is 2.25 bits per heavy atom. The zero-order valence-corrected chi connectivity index (χ0v) is 9.90. The zero-order chi connectivity index (χ0) is 11.4. The van der Waals surface area contributed by atoms with E-state index in [4.69, 9.17) is 0 Å². The maximum Gasteiger partial charge on any atom is 0.188 e. The Labute approximate surface area is 100 Å². The smallest absolute Gasteiger partial charge is 0.188 e. The Hall–Kier alpha value is -1.47. The number of phenolic OH excluding ortho intramolecular Hbond substituents is 1. The van der Waals surface area contributed by atoms with Crippen molar-refractivity contribution >= 4 is 15.9 Å². The van der Waals surface area contributed by atoms with Crippen LogP contribution in [-0.2, 0) is 13.1 Å². The third-order valence-corrected chi connectivity index (χ3v) is 2.70. The number of nitrogens with one attached hydrogen (secondary N) is 2. The molecule has 0 unspecified atom stereocenters. The lowest BCUT2D eigenvalue weighted by Crippen LogP contribution is -2.13. The lowest BCUT2D eigenvalue weighted by Gasteiger charge is -2.06. The number of nitrogens with zero attached hydrogens (tertiary/aromatic N) is 3. The maximum atomic E-state index is 9.72. The van der Waals surface area contributed by atoms with Gasteiger partial charge in [0.1, 0.15) is 5.75 Å². The average Bonchev–Trinajstić information content (AvgIpc) is 2.77. The molecule has 6 nitrogen and oxygen atoms in total. The van der Waals surface area contributed by atoms with Crippen LogP contribution < -0.4 is 5.32 Å². The van der Waals surface area contributed by atoms with Crippen molar-refractivity contribution in [3.63, 3.8) is 0 Å². The van der Waals surface area contributed by atoms with Crippen molar-refractivity contribution < 1.29 is 5.11 Å². The number of halogens is 1. The molecule has 1 heterocycles. The predicted octanol–water partition coefficient (Wildman–Crippen LogP) is 0.958. The molecule has 0 bridgehead atoms. The predicted molar refractivity (Wildman–Crippen MR) is 60.5 cm³/mol. The van der Waals surface area contributed by atoms with Crippen LogP contribution in [0, 0.1) is 0 Å². The molecule has 0 aliphatic rings. The average molecular weight is 284 g/mol. The highest BCUT2D eigenvalue weighted by molar-refractivity contribution is 9.10. The van der Waals surface area contributed by atoms with Crippen LogP contribution in [-0.4, -0.2) is 25.7 Å². The van der Waals surface area contributed by atoms with Gasteiger partial charge in [-0.05, 0) is 22.0 Å². The van der Waals surface area contributed by atoms with Crippen molar-refractivity contribution in [2.45, 2.75) is 13.1 Å². The molecule has 0 aliphatic carbocycles. The third-order valence-electron chi connectivity index (χ3n) is 2.06. The van der Waals surface area contributed by atoms with Crippen LogP contribution in [0.3, 0.4) is 0 Å². The summed E-state index contributed by atoms with van der Waals surface area (Å²) in [5, 5.41) is 26.3. The van der Waals surface area contributed by atoms with E-state index in [-0.39, 0.29) is 5.75 Å². The van der Waals surface area contributed by atoms with Gasteiger partial charge in [-0.25, -0.2) is 0 Å². The number of benzene rings is 1. The number of tetrazole rings is 1. The number of aromatic amines is 1. The summed E-state index contributed by atoms with van der Waals surface area (Å²) < 4.78 is 0.686. The highest BCUT2D eigenvalue weighted by Gasteiger charge is 2.04. The molecule has 16 heavy (non-hydrogen) atoms. The molecule has 0 saturated heterocycles. The number of aromatic nitrogens is 4. The van der Waals surface area contributed by atoms with Crippen molar-refractivity contribution in [1.29, 1.82) is 0 Å². The fourth-order valence-corrected chi connectivity index (χ4v) is 1.68. The molecular formula is C9H10BrN5O. The van der Waals surface area contributed by atoms with Gasteiger partial charge < -0.3 is 10.4 Å². The number of phenols is 1. The molecule has 7 heteroatoms. The topological polar surface area (TPSA) is 86.7 Å². The van der Waals surface area contributed by atoms with Gasteiger partial charge in [-0.2, -0.15) is 5.21 Å². The molecule has 84 valence electrons. The normalized spacial score (nSPS) is 10.6. The molecular weight excluding hydrogens is 274 g/mol. The minimum atomic E-state index is 0.253. The van der Waals surface area contributed by atoms with Crippen LogP contribution in [0.4, 0.5) is 0 Å². The molecule has 0 radical (unpaired) electrons. The van der Waals surface area contributed by atoms with Gasteiger partial charge in [0.15, 0.2) is 5.82 Å². The van der Waals surface area contributed by atoms with E-state index in [2.05, 4.69) is 41.9 Å². The molecule has 0 spiro atoms. The summed E-state index contributed by atoms with van der Waals surface area (Å²) in [6.45, 7) is 1.04. The Bertz CT molecular complexity index is 459. The van der Waals surface area contributed by atoms with Crippen molar-refractivity contribution in [1.82, 2.24) is 25.9 Å². The van der Waals surface area contributed by atoms with Gasteiger partial charge in [-0.3, -0.25) is 0 Å². The molecule has 0 saturated carbocycles. The van der Waals surface area contributed by atoms with E-state index in [0.29, 0.717) is 23.4 Å². The van der Waals surface area contributed by atoms with Crippen molar-refractivity contribution in [2.75, 3.05) is 0 Å². The highest BCUT2D eigenvalue weighted by Crippen LogP contribution is 2.27. The SMILES string of the molecule is Oc1c(Br)cccc1CNCc1nn[nH]n1. The van der Waals surface area contributed by atoms with E-state index in [0.717, 1.165) is 5.56 Å². The van der Waals surface area contributed by atoms with Crippen LogP contribution in [0.15, 0.2) is 22.7 Å². The van der Waals surface area contributed by atoms with Crippen molar-refractivity contribution in [3.8, 4) is 5.75 Å². The number of aromatic hydroxyl groups is 1. The van der Waals surface area contributed by atoms with Crippen LogP contribution in [0.1, 0.15) is 11.4 Å². The summed E-state index contributed by atoms with van der Waals surface area (Å²) in [4.78, 5) is 0. The summed E-state index contributed by atoms with van der Waals surface area (Å²) in [5.41, 5.74) is 0.817. The molecule has 1 aromatic carbocycles. The molecule has 0 atom stereocenters. The van der Waals surface area contributed by atoms with Gasteiger partial charge in [0, 0.05) is 12.1 Å². The fraction of sp³-hybridized carbons (Fsp3) is 0.222. The van der Waals surface area contributed by atoms with E-state index < -0.39 is 0 Å². The van der Waals surface area contributed by atoms with Crippen LogP contribution >= 0.6 is 15.9 Å². The Morgan fingerprint density at radius 1 is 1.38 bits per heavy atom. The van der Waals surface area contributed by atoms with Crippen LogP contribution in [0.2, 0.25) is 0 Å². The van der Waals surface area contributed by atoms with Gasteiger partial charge in [0.25, 0.3) is 0 Å². The molecule has 0 fully saturated rings. The molecule has 0 amide bonds. The lowest BCUT2D eigenvalue weighted by molar-refractivity contribution is 0.460. The van der Waals surface area contributed by atoms with E-state index in [1.807, 2.05) is 12.1 Å².